The maximum absolute atomic E-state index is 13.6. The first kappa shape index (κ1) is 66.9. The molecule has 0 aliphatic carbocycles. The van der Waals surface area contributed by atoms with Crippen LogP contribution in [0.4, 0.5) is 0 Å². The van der Waals surface area contributed by atoms with E-state index in [1.54, 1.807) is 28.1 Å². The summed E-state index contributed by atoms with van der Waals surface area (Å²) >= 11 is 1.59. The quantitative estimate of drug-likeness (QED) is 0.0460. The average Bonchev–Trinajstić information content (AvgIpc) is 3.90. The second-order valence-corrected chi connectivity index (χ2v) is 32.8. The number of thiazole rings is 2. The van der Waals surface area contributed by atoms with Crippen molar-refractivity contribution >= 4 is 75.3 Å². The zero-order chi connectivity index (χ0) is 56.0. The van der Waals surface area contributed by atoms with Gasteiger partial charge in [-0.2, -0.15) is 0 Å². The second kappa shape index (κ2) is 26.4. The second-order valence-electron chi connectivity index (χ2n) is 22.2. The average molecular weight is 1150 g/mol. The molecule has 4 rings (SSSR count). The summed E-state index contributed by atoms with van der Waals surface area (Å²) in [6.07, 6.45) is -0.195. The van der Waals surface area contributed by atoms with Crippen LogP contribution in [0.5, 0.6) is 0 Å². The molecule has 0 aliphatic heterocycles. The fourth-order valence-electron chi connectivity index (χ4n) is 7.59. The monoisotopic (exact) mass is 1150 g/mol. The number of carbonyl (C=O) groups excluding carboxylic acids is 2. The highest BCUT2D eigenvalue weighted by Gasteiger charge is 2.39. The molecular weight excluding hydrogens is 1060 g/mol. The zero-order valence-corrected chi connectivity index (χ0v) is 51.9. The van der Waals surface area contributed by atoms with Gasteiger partial charge < -0.3 is 29.2 Å². The van der Waals surface area contributed by atoms with Crippen molar-refractivity contribution in [2.45, 2.75) is 205 Å². The minimum Gasteiger partial charge on any atom is -0.411 e. The summed E-state index contributed by atoms with van der Waals surface area (Å²) in [6, 6.07) is 8.07. The Morgan fingerprint density at radius 1 is 0.608 bits per heavy atom. The third-order valence-electron chi connectivity index (χ3n) is 12.4. The minimum atomic E-state index is -4.28. The summed E-state index contributed by atoms with van der Waals surface area (Å²) < 4.78 is 74.0. The molecule has 16 nitrogen and oxygen atoms in total. The molecule has 5 N–H and O–H groups in total. The van der Waals surface area contributed by atoms with E-state index in [-0.39, 0.29) is 90.4 Å². The Balaban J connectivity index is 0.000000509. The number of rotatable bonds is 22. The summed E-state index contributed by atoms with van der Waals surface area (Å²) in [6.45, 7) is 33.0. The first-order chi connectivity index (χ1) is 33.3. The third-order valence-corrected chi connectivity index (χ3v) is 23.6. The summed E-state index contributed by atoms with van der Waals surface area (Å²) in [4.78, 5) is 34.7. The summed E-state index contributed by atoms with van der Waals surface area (Å²) in [5.74, 6) is -0.809. The standard InChI is InChI=1S/C29H48N2O6S2Si.C23H34N2O6S2.ClH/c1-18(2)21-13-20(16-36-10)14-22(19(3)4)23(21)15-25(32)31-39(34,35)26-24(30-27(38-26)29(8,9)33)17-37-40(11,12)28(5,6)7;1-13(2)16-8-15(12-31-7)9-17(14(3)4)18(16)10-20(27)25-33(29,30)21-19(11-26)24-22(32-21)23(5,6)28;/h13-14,18-19,33H,15-17H2,1-12H3,(H,31,32);8-9,13-14,26,28H,10-12H2,1-7H3,(H,25,27);1H. The molecule has 0 radical (unpaired) electrons. The highest BCUT2D eigenvalue weighted by atomic mass is 35.5. The summed E-state index contributed by atoms with van der Waals surface area (Å²) in [7, 11) is -7.51. The lowest BCUT2D eigenvalue weighted by atomic mass is 9.85. The van der Waals surface area contributed by atoms with E-state index in [2.05, 4.69) is 81.0 Å². The molecular formula is C52H83ClN4O12S4Si. The first-order valence-corrected chi connectivity index (χ1v) is 31.9. The fourth-order valence-corrected chi connectivity index (χ4v) is 13.5. The smallest absolute Gasteiger partial charge is 0.275 e. The van der Waals surface area contributed by atoms with Gasteiger partial charge >= 0.3 is 0 Å². The van der Waals surface area contributed by atoms with Crippen LogP contribution in [0.15, 0.2) is 32.7 Å². The molecule has 0 unspecified atom stereocenters. The van der Waals surface area contributed by atoms with E-state index in [0.717, 1.165) is 67.2 Å². The number of nitrogens with one attached hydrogen (secondary N) is 2. The van der Waals surface area contributed by atoms with Gasteiger partial charge in [0.1, 0.15) is 21.2 Å². The lowest BCUT2D eigenvalue weighted by Gasteiger charge is -2.36. The number of amides is 2. The van der Waals surface area contributed by atoms with Crippen LogP contribution in [0.3, 0.4) is 0 Å². The molecule has 2 aromatic carbocycles. The van der Waals surface area contributed by atoms with Crippen LogP contribution < -0.4 is 9.44 Å². The Kier molecular flexibility index (Phi) is 23.9. The van der Waals surface area contributed by atoms with E-state index in [4.69, 9.17) is 13.9 Å². The molecule has 0 fully saturated rings. The van der Waals surface area contributed by atoms with Crippen LogP contribution in [-0.4, -0.2) is 76.5 Å². The maximum atomic E-state index is 13.6. The van der Waals surface area contributed by atoms with Gasteiger partial charge in [0.2, 0.25) is 11.8 Å². The molecule has 0 spiro atoms. The molecule has 4 aromatic rings. The van der Waals surface area contributed by atoms with E-state index < -0.39 is 58.0 Å². The SMILES string of the molecule is COCc1cc(C(C)C)c(CC(=O)NS(=O)(=O)c2sc(C(C)(C)O)nc2CO)c(C(C)C)c1.COCc1cc(C(C)C)c(CC(=O)NS(=O)(=O)c2sc(C(C)(C)O)nc2CO[Si](C)(C)C(C)(C)C)c(C(C)C)c1.Cl. The van der Waals surface area contributed by atoms with Crippen molar-refractivity contribution in [2.75, 3.05) is 14.2 Å². The normalized spacial score (nSPS) is 12.8. The van der Waals surface area contributed by atoms with Crippen LogP contribution >= 0.6 is 35.1 Å². The lowest BCUT2D eigenvalue weighted by molar-refractivity contribution is -0.119. The Labute approximate surface area is 456 Å². The van der Waals surface area contributed by atoms with Crippen molar-refractivity contribution in [3.63, 3.8) is 0 Å². The molecule has 22 heteroatoms. The van der Waals surface area contributed by atoms with Gasteiger partial charge in [-0.15, -0.1) is 35.1 Å². The van der Waals surface area contributed by atoms with E-state index in [9.17, 15) is 41.7 Å². The van der Waals surface area contributed by atoms with Crippen LogP contribution in [0.25, 0.3) is 0 Å². The molecule has 0 bridgehead atoms. The van der Waals surface area contributed by atoms with Gasteiger partial charge in [0.15, 0.2) is 16.7 Å². The molecule has 0 aliphatic rings. The van der Waals surface area contributed by atoms with Gasteiger partial charge in [0.05, 0.1) is 50.7 Å². The van der Waals surface area contributed by atoms with Crippen molar-refractivity contribution in [3.05, 3.63) is 90.2 Å². The predicted octanol–water partition coefficient (Wildman–Crippen LogP) is 10.1. The highest BCUT2D eigenvalue weighted by Crippen LogP contribution is 2.39. The zero-order valence-electron chi connectivity index (χ0n) is 46.8. The fraction of sp³-hybridized carbons (Fsp3) is 0.615. The van der Waals surface area contributed by atoms with E-state index in [1.165, 1.54) is 13.8 Å². The van der Waals surface area contributed by atoms with Crippen molar-refractivity contribution < 1.29 is 55.6 Å². The van der Waals surface area contributed by atoms with Gasteiger partial charge in [0.25, 0.3) is 20.0 Å². The molecule has 2 amide bonds. The number of sulfonamides is 2. The van der Waals surface area contributed by atoms with E-state index in [1.807, 2.05) is 52.0 Å². The lowest BCUT2D eigenvalue weighted by Crippen LogP contribution is -2.40. The first-order valence-electron chi connectivity index (χ1n) is 24.4. The van der Waals surface area contributed by atoms with Gasteiger partial charge in [-0.05, 0) is 114 Å². The van der Waals surface area contributed by atoms with Gasteiger partial charge in [0, 0.05) is 14.2 Å². The maximum Gasteiger partial charge on any atom is 0.275 e. The van der Waals surface area contributed by atoms with E-state index in [0.29, 0.717) is 13.2 Å². The molecule has 0 atom stereocenters. The molecule has 2 aromatic heterocycles. The van der Waals surface area contributed by atoms with Crippen LogP contribution in [0.1, 0.15) is 193 Å². The van der Waals surface area contributed by atoms with Crippen molar-refractivity contribution in [1.29, 1.82) is 0 Å². The van der Waals surface area contributed by atoms with Crippen LogP contribution in [0, 0.1) is 0 Å². The molecule has 0 saturated carbocycles. The Morgan fingerprint density at radius 3 is 1.19 bits per heavy atom. The molecule has 2 heterocycles. The Hall–Kier alpha value is -3.19. The van der Waals surface area contributed by atoms with Gasteiger partial charge in [-0.3, -0.25) is 9.59 Å². The number of nitrogens with zero attached hydrogens (tertiary/aromatic N) is 2. The number of benzene rings is 2. The van der Waals surface area contributed by atoms with Gasteiger partial charge in [-0.1, -0.05) is 100 Å². The van der Waals surface area contributed by atoms with Crippen molar-refractivity contribution in [1.82, 2.24) is 19.4 Å². The number of aliphatic hydroxyl groups excluding tert-OH is 1. The van der Waals surface area contributed by atoms with Crippen molar-refractivity contribution in [3.8, 4) is 0 Å². The largest absolute Gasteiger partial charge is 0.411 e. The molecule has 418 valence electrons. The number of ether oxygens (including phenoxy) is 2. The predicted molar refractivity (Wildman–Crippen MR) is 299 cm³/mol. The van der Waals surface area contributed by atoms with Crippen molar-refractivity contribution in [2.24, 2.45) is 0 Å². The number of halogens is 1. The van der Waals surface area contributed by atoms with Crippen LogP contribution in [-0.2, 0) is 94.0 Å². The minimum absolute atomic E-state index is 0. The molecule has 0 saturated heterocycles. The number of carbonyl (C=O) groups is 2. The number of hydrogen-bond donors (Lipinski definition) is 5. The Bertz CT molecular complexity index is 2730. The Morgan fingerprint density at radius 2 is 0.919 bits per heavy atom. The number of aliphatic hydroxyl groups is 3. The summed E-state index contributed by atoms with van der Waals surface area (Å²) in [5.41, 5.74) is 4.95. The third kappa shape index (κ3) is 17.7. The molecule has 74 heavy (non-hydrogen) atoms. The van der Waals surface area contributed by atoms with Crippen LogP contribution in [0.2, 0.25) is 18.1 Å². The topological polar surface area (TPSA) is 241 Å². The number of hydrogen-bond acceptors (Lipinski definition) is 16. The summed E-state index contributed by atoms with van der Waals surface area (Å²) in [5, 5.41) is 30.6. The number of methoxy groups -OCH3 is 2. The number of aromatic nitrogens is 2. The highest BCUT2D eigenvalue weighted by molar-refractivity contribution is 7.92. The van der Waals surface area contributed by atoms with Gasteiger partial charge in [-0.25, -0.2) is 36.2 Å². The van der Waals surface area contributed by atoms with E-state index >= 15 is 0 Å².